The zero-order valence-electron chi connectivity index (χ0n) is 9.89. The molecule has 96 valence electrons. The van der Waals surface area contributed by atoms with Gasteiger partial charge in [-0.15, -0.1) is 12.4 Å². The first-order chi connectivity index (χ1) is 7.79. The molecule has 0 amide bonds. The van der Waals surface area contributed by atoms with Crippen molar-refractivity contribution in [1.82, 2.24) is 5.32 Å². The lowest BCUT2D eigenvalue weighted by Crippen LogP contribution is -2.45. The number of rotatable bonds is 4. The number of piperidine rings is 1. The van der Waals surface area contributed by atoms with Gasteiger partial charge < -0.3 is 15.2 Å². The molecule has 1 fully saturated rings. The van der Waals surface area contributed by atoms with Gasteiger partial charge in [0.1, 0.15) is 0 Å². The zero-order valence-corrected chi connectivity index (χ0v) is 10.7. The highest BCUT2D eigenvalue weighted by atomic mass is 35.5. The van der Waals surface area contributed by atoms with Gasteiger partial charge in [0.2, 0.25) is 0 Å². The average molecular weight is 258 g/mol. The lowest BCUT2D eigenvalue weighted by molar-refractivity contribution is -0.0687. The van der Waals surface area contributed by atoms with Gasteiger partial charge >= 0.3 is 0 Å². The summed E-state index contributed by atoms with van der Waals surface area (Å²) in [6.45, 7) is 2.77. The van der Waals surface area contributed by atoms with Gasteiger partial charge in [-0.05, 0) is 31.5 Å². The topological polar surface area (TPSA) is 41.5 Å². The monoisotopic (exact) mass is 257 g/mol. The minimum absolute atomic E-state index is 0. The summed E-state index contributed by atoms with van der Waals surface area (Å²) in [5, 5.41) is 13.4. The molecule has 4 heteroatoms. The van der Waals surface area contributed by atoms with Crippen molar-refractivity contribution < 1.29 is 9.84 Å². The molecule has 2 N–H and O–H groups in total. The summed E-state index contributed by atoms with van der Waals surface area (Å²) in [6, 6.07) is 10.1. The Labute approximate surface area is 109 Å². The van der Waals surface area contributed by atoms with E-state index in [-0.39, 0.29) is 12.4 Å². The van der Waals surface area contributed by atoms with Crippen molar-refractivity contribution in [2.75, 3.05) is 19.7 Å². The molecule has 0 aromatic heterocycles. The molecule has 3 nitrogen and oxygen atoms in total. The second-order valence-corrected chi connectivity index (χ2v) is 4.45. The molecule has 1 saturated heterocycles. The lowest BCUT2D eigenvalue weighted by atomic mass is 9.94. The number of benzene rings is 1. The van der Waals surface area contributed by atoms with E-state index in [1.165, 1.54) is 0 Å². The highest BCUT2D eigenvalue weighted by Gasteiger charge is 2.29. The summed E-state index contributed by atoms with van der Waals surface area (Å²) in [6.07, 6.45) is 1.56. The summed E-state index contributed by atoms with van der Waals surface area (Å²) in [5.74, 6) is 0. The van der Waals surface area contributed by atoms with Crippen LogP contribution in [0.5, 0.6) is 0 Å². The van der Waals surface area contributed by atoms with Crippen molar-refractivity contribution in [2.45, 2.75) is 25.0 Å². The molecule has 17 heavy (non-hydrogen) atoms. The van der Waals surface area contributed by atoms with E-state index < -0.39 is 5.60 Å². The summed E-state index contributed by atoms with van der Waals surface area (Å²) in [7, 11) is 0. The normalized spacial score (nSPS) is 18.4. The molecule has 0 atom stereocenters. The Morgan fingerprint density at radius 3 is 2.47 bits per heavy atom. The molecular weight excluding hydrogens is 238 g/mol. The van der Waals surface area contributed by atoms with Crippen LogP contribution in [0.2, 0.25) is 0 Å². The molecule has 1 aliphatic rings. The Bertz CT molecular complexity index is 312. The molecule has 0 spiro atoms. The summed E-state index contributed by atoms with van der Waals surface area (Å²) in [4.78, 5) is 0. The maximum Gasteiger partial charge on any atom is 0.0904 e. The summed E-state index contributed by atoms with van der Waals surface area (Å²) < 4.78 is 5.58. The van der Waals surface area contributed by atoms with Crippen LogP contribution < -0.4 is 5.32 Å². The number of hydrogen-bond acceptors (Lipinski definition) is 3. The van der Waals surface area contributed by atoms with Crippen molar-refractivity contribution in [3.63, 3.8) is 0 Å². The largest absolute Gasteiger partial charge is 0.387 e. The molecule has 1 aliphatic heterocycles. The minimum Gasteiger partial charge on any atom is -0.387 e. The first-order valence-corrected chi connectivity index (χ1v) is 5.83. The Morgan fingerprint density at radius 1 is 1.18 bits per heavy atom. The van der Waals surface area contributed by atoms with E-state index in [0.717, 1.165) is 31.5 Å². The fourth-order valence-corrected chi connectivity index (χ4v) is 1.97. The van der Waals surface area contributed by atoms with Crippen LogP contribution in [0.3, 0.4) is 0 Å². The molecular formula is C13H20ClNO2. The molecule has 1 aromatic carbocycles. The smallest absolute Gasteiger partial charge is 0.0904 e. The molecule has 0 unspecified atom stereocenters. The van der Waals surface area contributed by atoms with E-state index in [9.17, 15) is 5.11 Å². The van der Waals surface area contributed by atoms with Gasteiger partial charge in [-0.2, -0.15) is 0 Å². The summed E-state index contributed by atoms with van der Waals surface area (Å²) >= 11 is 0. The van der Waals surface area contributed by atoms with Crippen LogP contribution in [0.15, 0.2) is 30.3 Å². The molecule has 2 rings (SSSR count). The Hall–Kier alpha value is -0.610. The molecule has 1 heterocycles. The number of ether oxygens (including phenoxy) is 1. The standard InChI is InChI=1S/C13H19NO2.ClH/c15-13(6-8-14-9-7-13)11-16-10-12-4-2-1-3-5-12;/h1-5,14-15H,6-11H2;1H. The van der Waals surface area contributed by atoms with E-state index in [1.807, 2.05) is 30.3 Å². The third-order valence-corrected chi connectivity index (χ3v) is 3.02. The van der Waals surface area contributed by atoms with E-state index in [0.29, 0.717) is 13.2 Å². The fraction of sp³-hybridized carbons (Fsp3) is 0.538. The second-order valence-electron chi connectivity index (χ2n) is 4.45. The maximum atomic E-state index is 10.2. The van der Waals surface area contributed by atoms with Crippen LogP contribution in [0.25, 0.3) is 0 Å². The van der Waals surface area contributed by atoms with Crippen molar-refractivity contribution in [2.24, 2.45) is 0 Å². The van der Waals surface area contributed by atoms with Crippen LogP contribution >= 0.6 is 12.4 Å². The molecule has 0 saturated carbocycles. The third-order valence-electron chi connectivity index (χ3n) is 3.02. The number of hydrogen-bond donors (Lipinski definition) is 2. The highest BCUT2D eigenvalue weighted by molar-refractivity contribution is 5.85. The van der Waals surface area contributed by atoms with E-state index >= 15 is 0 Å². The van der Waals surface area contributed by atoms with Crippen molar-refractivity contribution >= 4 is 12.4 Å². The van der Waals surface area contributed by atoms with Crippen LogP contribution in [0.4, 0.5) is 0 Å². The van der Waals surface area contributed by atoms with E-state index in [2.05, 4.69) is 5.32 Å². The lowest BCUT2D eigenvalue weighted by Gasteiger charge is -2.32. The van der Waals surface area contributed by atoms with Gasteiger partial charge in [-0.25, -0.2) is 0 Å². The predicted octanol–water partition coefficient (Wildman–Crippen LogP) is 1.74. The Morgan fingerprint density at radius 2 is 1.82 bits per heavy atom. The van der Waals surface area contributed by atoms with Gasteiger partial charge in [-0.3, -0.25) is 0 Å². The first-order valence-electron chi connectivity index (χ1n) is 5.83. The van der Waals surface area contributed by atoms with Gasteiger partial charge in [0.25, 0.3) is 0 Å². The van der Waals surface area contributed by atoms with Crippen molar-refractivity contribution in [1.29, 1.82) is 0 Å². The van der Waals surface area contributed by atoms with Gasteiger partial charge in [0.15, 0.2) is 0 Å². The van der Waals surface area contributed by atoms with Crippen LogP contribution in [-0.4, -0.2) is 30.4 Å². The maximum absolute atomic E-state index is 10.2. The van der Waals surface area contributed by atoms with Gasteiger partial charge in [-0.1, -0.05) is 30.3 Å². The highest BCUT2D eigenvalue weighted by Crippen LogP contribution is 2.18. The fourth-order valence-electron chi connectivity index (χ4n) is 1.97. The molecule has 0 aliphatic carbocycles. The number of nitrogens with one attached hydrogen (secondary N) is 1. The van der Waals surface area contributed by atoms with Crippen molar-refractivity contribution in [3.05, 3.63) is 35.9 Å². The SMILES string of the molecule is Cl.OC1(COCc2ccccc2)CCNCC1. The van der Waals surface area contributed by atoms with Crippen molar-refractivity contribution in [3.8, 4) is 0 Å². The Balaban J connectivity index is 0.00000144. The van der Waals surface area contributed by atoms with E-state index in [1.54, 1.807) is 0 Å². The summed E-state index contributed by atoms with van der Waals surface area (Å²) in [5.41, 5.74) is 0.528. The van der Waals surface area contributed by atoms with E-state index in [4.69, 9.17) is 4.74 Å². The second kappa shape index (κ2) is 6.97. The quantitative estimate of drug-likeness (QED) is 0.863. The first kappa shape index (κ1) is 14.5. The third kappa shape index (κ3) is 4.64. The average Bonchev–Trinajstić information content (AvgIpc) is 2.31. The molecule has 0 radical (unpaired) electrons. The van der Waals surface area contributed by atoms with Crippen LogP contribution in [0.1, 0.15) is 18.4 Å². The minimum atomic E-state index is -0.625. The van der Waals surface area contributed by atoms with Gasteiger partial charge in [0.05, 0.1) is 18.8 Å². The van der Waals surface area contributed by atoms with Gasteiger partial charge in [0, 0.05) is 0 Å². The van der Waals surface area contributed by atoms with Crippen LogP contribution in [0, 0.1) is 0 Å². The number of halogens is 1. The molecule has 1 aromatic rings. The van der Waals surface area contributed by atoms with Crippen LogP contribution in [-0.2, 0) is 11.3 Å². The number of aliphatic hydroxyl groups is 1. The molecule has 0 bridgehead atoms. The predicted molar refractivity (Wildman–Crippen MR) is 70.4 cm³/mol. The Kier molecular flexibility index (Phi) is 5.92. The zero-order chi connectivity index (χ0) is 11.3.